The third-order valence-corrected chi connectivity index (χ3v) is 1.17. The summed E-state index contributed by atoms with van der Waals surface area (Å²) in [4.78, 5) is 10.6. The van der Waals surface area contributed by atoms with Crippen molar-refractivity contribution < 1.29 is 9.90 Å². The molecule has 48 valence electrons. The van der Waals surface area contributed by atoms with Gasteiger partial charge in [0.2, 0.25) is 0 Å². The number of hydrogen-bond acceptors (Lipinski definition) is 2. The second-order valence-electron chi connectivity index (χ2n) is 1.90. The predicted octanol–water partition coefficient (Wildman–Crippen LogP) is 0.594. The van der Waals surface area contributed by atoms with Gasteiger partial charge in [-0.2, -0.15) is 0 Å². The summed E-state index contributed by atoms with van der Waals surface area (Å²) in [5, 5.41) is 8.42. The highest BCUT2D eigenvalue weighted by atomic mass is 16.3. The minimum atomic E-state index is -0.167. The van der Waals surface area contributed by atoms with E-state index < -0.39 is 0 Å². The average molecular weight is 116 g/mol. The van der Waals surface area contributed by atoms with Crippen molar-refractivity contribution in [1.82, 2.24) is 0 Å². The first-order chi connectivity index (χ1) is 3.72. The van der Waals surface area contributed by atoms with Crippen LogP contribution in [0.4, 0.5) is 0 Å². The van der Waals surface area contributed by atoms with Crippen LogP contribution in [0.5, 0.6) is 0 Å². The van der Waals surface area contributed by atoms with Crippen LogP contribution >= 0.6 is 0 Å². The lowest BCUT2D eigenvalue weighted by Crippen LogP contribution is -2.12. The van der Waals surface area contributed by atoms with E-state index in [2.05, 4.69) is 0 Å². The quantitative estimate of drug-likeness (QED) is 0.586. The van der Waals surface area contributed by atoms with Crippen molar-refractivity contribution in [2.45, 2.75) is 20.3 Å². The van der Waals surface area contributed by atoms with E-state index in [0.29, 0.717) is 6.42 Å². The minimum absolute atomic E-state index is 0.0212. The molecule has 0 aliphatic heterocycles. The van der Waals surface area contributed by atoms with Gasteiger partial charge in [0.15, 0.2) is 0 Å². The van der Waals surface area contributed by atoms with E-state index in [4.69, 9.17) is 5.11 Å². The number of aliphatic hydroxyl groups excluding tert-OH is 1. The molecular weight excluding hydrogens is 104 g/mol. The highest BCUT2D eigenvalue weighted by Crippen LogP contribution is 1.96. The van der Waals surface area contributed by atoms with Gasteiger partial charge >= 0.3 is 0 Å². The zero-order chi connectivity index (χ0) is 6.57. The molecule has 0 saturated carbocycles. The van der Waals surface area contributed by atoms with Gasteiger partial charge in [0, 0.05) is 12.3 Å². The van der Waals surface area contributed by atoms with Gasteiger partial charge in [-0.05, 0) is 0 Å². The molecule has 0 aromatic carbocycles. The standard InChI is InChI=1S/C6H12O2/c1-3-6(8)5(2)4-7/h5,7H,3-4H2,1-2H3/t5-/m1/s1. The van der Waals surface area contributed by atoms with Gasteiger partial charge in [-0.25, -0.2) is 0 Å². The summed E-state index contributed by atoms with van der Waals surface area (Å²) in [6.07, 6.45) is 0.529. The monoisotopic (exact) mass is 116 g/mol. The average Bonchev–Trinajstić information content (AvgIpc) is 1.84. The number of aliphatic hydroxyl groups is 1. The molecule has 1 atom stereocenters. The molecule has 1 N–H and O–H groups in total. The molecule has 0 bridgehead atoms. The minimum Gasteiger partial charge on any atom is -0.396 e. The van der Waals surface area contributed by atoms with E-state index in [9.17, 15) is 4.79 Å². The van der Waals surface area contributed by atoms with Gasteiger partial charge < -0.3 is 5.11 Å². The van der Waals surface area contributed by atoms with E-state index in [0.717, 1.165) is 0 Å². The van der Waals surface area contributed by atoms with E-state index in [1.165, 1.54) is 0 Å². The first kappa shape index (κ1) is 7.63. The summed E-state index contributed by atoms with van der Waals surface area (Å²) in [5.74, 6) is -0.0347. The Bertz CT molecular complexity index is 78.6. The summed E-state index contributed by atoms with van der Waals surface area (Å²) >= 11 is 0. The molecule has 0 aliphatic rings. The maximum Gasteiger partial charge on any atom is 0.137 e. The van der Waals surface area contributed by atoms with Gasteiger partial charge in [0.1, 0.15) is 5.78 Å². The molecular formula is C6H12O2. The fourth-order valence-corrected chi connectivity index (χ4v) is 0.450. The summed E-state index contributed by atoms with van der Waals surface area (Å²) < 4.78 is 0. The van der Waals surface area contributed by atoms with Crippen LogP contribution in [0.15, 0.2) is 0 Å². The van der Waals surface area contributed by atoms with Gasteiger partial charge in [0.05, 0.1) is 6.61 Å². The Kier molecular flexibility index (Phi) is 3.44. The largest absolute Gasteiger partial charge is 0.396 e. The Morgan fingerprint density at radius 1 is 1.75 bits per heavy atom. The van der Waals surface area contributed by atoms with Gasteiger partial charge in [-0.15, -0.1) is 0 Å². The SMILES string of the molecule is CCC(=O)[C@H](C)CO. The van der Waals surface area contributed by atoms with Crippen molar-refractivity contribution in [3.8, 4) is 0 Å². The molecule has 0 aromatic rings. The topological polar surface area (TPSA) is 37.3 Å². The second-order valence-corrected chi connectivity index (χ2v) is 1.90. The van der Waals surface area contributed by atoms with Crippen LogP contribution in [0.2, 0.25) is 0 Å². The normalized spacial score (nSPS) is 13.4. The molecule has 0 amide bonds. The maximum atomic E-state index is 10.6. The van der Waals surface area contributed by atoms with E-state index in [-0.39, 0.29) is 18.3 Å². The maximum absolute atomic E-state index is 10.6. The smallest absolute Gasteiger partial charge is 0.137 e. The lowest BCUT2D eigenvalue weighted by Gasteiger charge is -2.01. The van der Waals surface area contributed by atoms with Gasteiger partial charge in [0.25, 0.3) is 0 Å². The van der Waals surface area contributed by atoms with Crippen LogP contribution < -0.4 is 0 Å². The lowest BCUT2D eigenvalue weighted by molar-refractivity contribution is -0.123. The fraction of sp³-hybridized carbons (Fsp3) is 0.833. The lowest BCUT2D eigenvalue weighted by atomic mass is 10.1. The molecule has 0 rings (SSSR count). The van der Waals surface area contributed by atoms with E-state index in [1.54, 1.807) is 13.8 Å². The Hall–Kier alpha value is -0.370. The summed E-state index contributed by atoms with van der Waals surface area (Å²) in [7, 11) is 0. The molecule has 8 heavy (non-hydrogen) atoms. The molecule has 0 aromatic heterocycles. The van der Waals surface area contributed by atoms with Crippen LogP contribution in [0, 0.1) is 5.92 Å². The third-order valence-electron chi connectivity index (χ3n) is 1.17. The summed E-state index contributed by atoms with van der Waals surface area (Å²) in [6.45, 7) is 3.51. The molecule has 0 unspecified atom stereocenters. The molecule has 0 radical (unpaired) electrons. The highest BCUT2D eigenvalue weighted by molar-refractivity contribution is 5.80. The number of rotatable bonds is 3. The Morgan fingerprint density at radius 3 is 2.38 bits per heavy atom. The van der Waals surface area contributed by atoms with Crippen LogP contribution in [0.1, 0.15) is 20.3 Å². The summed E-state index contributed by atoms with van der Waals surface area (Å²) in [5.41, 5.74) is 0. The fourth-order valence-electron chi connectivity index (χ4n) is 0.450. The van der Waals surface area contributed by atoms with Crippen molar-refractivity contribution in [1.29, 1.82) is 0 Å². The number of carbonyl (C=O) groups is 1. The number of hydrogen-bond donors (Lipinski definition) is 1. The molecule has 0 heterocycles. The van der Waals surface area contributed by atoms with Crippen LogP contribution in [-0.4, -0.2) is 17.5 Å². The molecule has 0 saturated heterocycles. The van der Waals surface area contributed by atoms with Gasteiger partial charge in [-0.3, -0.25) is 4.79 Å². The van der Waals surface area contributed by atoms with Crippen molar-refractivity contribution in [3.05, 3.63) is 0 Å². The second kappa shape index (κ2) is 3.61. The first-order valence-electron chi connectivity index (χ1n) is 2.86. The number of ketones is 1. The molecule has 2 heteroatoms. The molecule has 0 spiro atoms. The molecule has 0 fully saturated rings. The van der Waals surface area contributed by atoms with Crippen molar-refractivity contribution in [2.75, 3.05) is 6.61 Å². The zero-order valence-corrected chi connectivity index (χ0v) is 5.35. The molecule has 0 aliphatic carbocycles. The van der Waals surface area contributed by atoms with E-state index >= 15 is 0 Å². The van der Waals surface area contributed by atoms with Crippen molar-refractivity contribution >= 4 is 5.78 Å². The predicted molar refractivity (Wildman–Crippen MR) is 31.5 cm³/mol. The van der Waals surface area contributed by atoms with Gasteiger partial charge in [-0.1, -0.05) is 13.8 Å². The molecule has 2 nitrogen and oxygen atoms in total. The summed E-state index contributed by atoms with van der Waals surface area (Å²) in [6, 6.07) is 0. The van der Waals surface area contributed by atoms with Crippen LogP contribution in [-0.2, 0) is 4.79 Å². The van der Waals surface area contributed by atoms with Crippen molar-refractivity contribution in [3.63, 3.8) is 0 Å². The Morgan fingerprint density at radius 2 is 2.25 bits per heavy atom. The van der Waals surface area contributed by atoms with Crippen LogP contribution in [0.25, 0.3) is 0 Å². The van der Waals surface area contributed by atoms with Crippen LogP contribution in [0.3, 0.4) is 0 Å². The highest BCUT2D eigenvalue weighted by Gasteiger charge is 2.06. The van der Waals surface area contributed by atoms with Crippen molar-refractivity contribution in [2.24, 2.45) is 5.92 Å². The Labute approximate surface area is 49.5 Å². The number of carbonyl (C=O) groups excluding carboxylic acids is 1. The number of Topliss-reactive ketones (excluding diaryl/α,β-unsaturated/α-hetero) is 1. The third kappa shape index (κ3) is 2.07. The zero-order valence-electron chi connectivity index (χ0n) is 5.35. The van der Waals surface area contributed by atoms with E-state index in [1.807, 2.05) is 0 Å². The first-order valence-corrected chi connectivity index (χ1v) is 2.86. The Balaban J connectivity index is 3.46.